The van der Waals surface area contributed by atoms with Crippen LogP contribution in [0.1, 0.15) is 25.8 Å². The van der Waals surface area contributed by atoms with Crippen LogP contribution in [0.2, 0.25) is 0 Å². The molecule has 0 saturated carbocycles. The highest BCUT2D eigenvalue weighted by Gasteiger charge is 2.14. The summed E-state index contributed by atoms with van der Waals surface area (Å²) in [7, 11) is 1.64. The molecule has 0 bridgehead atoms. The highest BCUT2D eigenvalue weighted by Crippen LogP contribution is 2.23. The standard InChI is InChI=1S/C13H17N3O2S/c1-4-16-12(14-15-13(16)19)9(2)18-11-7-5-10(17-3)6-8-11/h5-9H,4H2,1-3H3,(H,15,19)/t9-/m1/s1. The molecule has 5 nitrogen and oxygen atoms in total. The van der Waals surface area contributed by atoms with Gasteiger partial charge in [-0.05, 0) is 50.3 Å². The maximum absolute atomic E-state index is 5.85. The Kier molecular flexibility index (Phi) is 4.21. The summed E-state index contributed by atoms with van der Waals surface area (Å²) >= 11 is 5.16. The van der Waals surface area contributed by atoms with Crippen LogP contribution in [-0.2, 0) is 6.54 Å². The minimum Gasteiger partial charge on any atom is -0.497 e. The zero-order valence-electron chi connectivity index (χ0n) is 11.2. The van der Waals surface area contributed by atoms with Crippen molar-refractivity contribution in [2.24, 2.45) is 0 Å². The first-order valence-electron chi connectivity index (χ1n) is 6.11. The van der Waals surface area contributed by atoms with Gasteiger partial charge < -0.3 is 14.0 Å². The third-order valence-corrected chi connectivity index (χ3v) is 3.15. The molecule has 0 fully saturated rings. The monoisotopic (exact) mass is 279 g/mol. The van der Waals surface area contributed by atoms with Crippen LogP contribution < -0.4 is 9.47 Å². The normalized spacial score (nSPS) is 12.2. The van der Waals surface area contributed by atoms with Crippen LogP contribution in [0, 0.1) is 4.77 Å². The molecule has 0 amide bonds. The van der Waals surface area contributed by atoms with Gasteiger partial charge in [0.05, 0.1) is 7.11 Å². The van der Waals surface area contributed by atoms with Gasteiger partial charge in [0.1, 0.15) is 11.5 Å². The van der Waals surface area contributed by atoms with Crippen LogP contribution in [0.15, 0.2) is 24.3 Å². The van der Waals surface area contributed by atoms with E-state index in [1.807, 2.05) is 42.7 Å². The number of methoxy groups -OCH3 is 1. The van der Waals surface area contributed by atoms with Gasteiger partial charge in [0, 0.05) is 6.54 Å². The molecule has 1 aromatic heterocycles. The molecule has 0 radical (unpaired) electrons. The largest absolute Gasteiger partial charge is 0.497 e. The summed E-state index contributed by atoms with van der Waals surface area (Å²) in [6.07, 6.45) is -0.179. The molecule has 0 aliphatic carbocycles. The molecule has 2 rings (SSSR count). The summed E-state index contributed by atoms with van der Waals surface area (Å²) < 4.78 is 13.5. The maximum atomic E-state index is 5.85. The van der Waals surface area contributed by atoms with E-state index >= 15 is 0 Å². The van der Waals surface area contributed by atoms with Gasteiger partial charge in [-0.25, -0.2) is 0 Å². The van der Waals surface area contributed by atoms with Gasteiger partial charge in [-0.2, -0.15) is 5.10 Å². The summed E-state index contributed by atoms with van der Waals surface area (Å²) in [4.78, 5) is 0. The van der Waals surface area contributed by atoms with Crippen molar-refractivity contribution in [3.8, 4) is 11.5 Å². The van der Waals surface area contributed by atoms with E-state index in [1.165, 1.54) is 0 Å². The molecule has 1 atom stereocenters. The second kappa shape index (κ2) is 5.88. The predicted molar refractivity (Wildman–Crippen MR) is 75.1 cm³/mol. The summed E-state index contributed by atoms with van der Waals surface area (Å²) in [5.74, 6) is 2.37. The zero-order valence-corrected chi connectivity index (χ0v) is 12.0. The Bertz CT molecular complexity index is 589. The number of benzene rings is 1. The highest BCUT2D eigenvalue weighted by atomic mass is 32.1. The topological polar surface area (TPSA) is 52.1 Å². The SMILES string of the molecule is CCn1c([C@@H](C)Oc2ccc(OC)cc2)n[nH]c1=S. The molecule has 2 aromatic rings. The van der Waals surface area contributed by atoms with Crippen molar-refractivity contribution in [1.29, 1.82) is 0 Å². The fourth-order valence-electron chi connectivity index (χ4n) is 1.86. The van der Waals surface area contributed by atoms with Crippen molar-refractivity contribution >= 4 is 12.2 Å². The van der Waals surface area contributed by atoms with Gasteiger partial charge in [0.2, 0.25) is 0 Å². The van der Waals surface area contributed by atoms with E-state index in [0.29, 0.717) is 4.77 Å². The van der Waals surface area contributed by atoms with E-state index in [9.17, 15) is 0 Å². The Hall–Kier alpha value is -1.82. The van der Waals surface area contributed by atoms with Gasteiger partial charge >= 0.3 is 0 Å². The molecule has 19 heavy (non-hydrogen) atoms. The molecule has 0 spiro atoms. The third-order valence-electron chi connectivity index (χ3n) is 2.84. The average molecular weight is 279 g/mol. The first-order valence-corrected chi connectivity index (χ1v) is 6.52. The number of ether oxygens (including phenoxy) is 2. The Labute approximate surface area is 117 Å². The Morgan fingerprint density at radius 3 is 2.53 bits per heavy atom. The number of aromatic nitrogens is 3. The third kappa shape index (κ3) is 2.96. The van der Waals surface area contributed by atoms with Gasteiger partial charge in [-0.15, -0.1) is 0 Å². The highest BCUT2D eigenvalue weighted by molar-refractivity contribution is 7.71. The van der Waals surface area contributed by atoms with Gasteiger partial charge in [-0.3, -0.25) is 5.10 Å². The Morgan fingerprint density at radius 2 is 1.95 bits per heavy atom. The number of aromatic amines is 1. The number of hydrogen-bond acceptors (Lipinski definition) is 4. The van der Waals surface area contributed by atoms with Crippen LogP contribution in [0.3, 0.4) is 0 Å². The first-order chi connectivity index (χ1) is 9.15. The zero-order chi connectivity index (χ0) is 13.8. The molecule has 1 heterocycles. The Morgan fingerprint density at radius 1 is 1.32 bits per heavy atom. The summed E-state index contributed by atoms with van der Waals surface area (Å²) in [5.41, 5.74) is 0. The molecule has 0 aliphatic heterocycles. The summed E-state index contributed by atoms with van der Waals surface area (Å²) in [6, 6.07) is 7.46. The van der Waals surface area contributed by atoms with Crippen LogP contribution >= 0.6 is 12.2 Å². The van der Waals surface area contributed by atoms with Crippen LogP contribution in [0.5, 0.6) is 11.5 Å². The number of H-pyrrole nitrogens is 1. The van der Waals surface area contributed by atoms with Crippen molar-refractivity contribution in [3.05, 3.63) is 34.9 Å². The molecule has 102 valence electrons. The van der Waals surface area contributed by atoms with E-state index in [-0.39, 0.29) is 6.10 Å². The quantitative estimate of drug-likeness (QED) is 0.854. The fourth-order valence-corrected chi connectivity index (χ4v) is 2.13. The lowest BCUT2D eigenvalue weighted by Gasteiger charge is -2.14. The molecule has 1 aromatic carbocycles. The second-order valence-electron chi connectivity index (χ2n) is 4.07. The summed E-state index contributed by atoms with van der Waals surface area (Å²) in [5, 5.41) is 7.00. The number of rotatable bonds is 5. The smallest absolute Gasteiger partial charge is 0.195 e. The maximum Gasteiger partial charge on any atom is 0.195 e. The van der Waals surface area contributed by atoms with E-state index in [1.54, 1.807) is 7.11 Å². The lowest BCUT2D eigenvalue weighted by molar-refractivity contribution is 0.210. The minimum atomic E-state index is -0.179. The van der Waals surface area contributed by atoms with Crippen molar-refractivity contribution in [2.45, 2.75) is 26.5 Å². The molecule has 0 saturated heterocycles. The molecule has 0 aliphatic rings. The fraction of sp³-hybridized carbons (Fsp3) is 0.385. The number of hydrogen-bond donors (Lipinski definition) is 1. The van der Waals surface area contributed by atoms with Gasteiger partial charge in [0.25, 0.3) is 0 Å². The van der Waals surface area contributed by atoms with E-state index in [4.69, 9.17) is 21.7 Å². The van der Waals surface area contributed by atoms with Crippen molar-refractivity contribution in [1.82, 2.24) is 14.8 Å². The lowest BCUT2D eigenvalue weighted by atomic mass is 10.3. The molecule has 1 N–H and O–H groups in total. The molecular weight excluding hydrogens is 262 g/mol. The number of nitrogens with one attached hydrogen (secondary N) is 1. The van der Waals surface area contributed by atoms with Crippen LogP contribution in [-0.4, -0.2) is 21.9 Å². The average Bonchev–Trinajstić information content (AvgIpc) is 2.80. The van der Waals surface area contributed by atoms with Gasteiger partial charge in [0.15, 0.2) is 16.7 Å². The first kappa shape index (κ1) is 13.6. The molecule has 0 unspecified atom stereocenters. The molecule has 6 heteroatoms. The predicted octanol–water partition coefficient (Wildman–Crippen LogP) is 3.11. The van der Waals surface area contributed by atoms with E-state index < -0.39 is 0 Å². The summed E-state index contributed by atoms with van der Waals surface area (Å²) in [6.45, 7) is 4.73. The van der Waals surface area contributed by atoms with Gasteiger partial charge in [-0.1, -0.05) is 0 Å². The van der Waals surface area contributed by atoms with Crippen molar-refractivity contribution in [3.63, 3.8) is 0 Å². The van der Waals surface area contributed by atoms with E-state index in [2.05, 4.69) is 10.2 Å². The van der Waals surface area contributed by atoms with E-state index in [0.717, 1.165) is 23.9 Å². The van der Waals surface area contributed by atoms with Crippen LogP contribution in [0.25, 0.3) is 0 Å². The molecular formula is C13H17N3O2S. The Balaban J connectivity index is 2.15. The van der Waals surface area contributed by atoms with Crippen LogP contribution in [0.4, 0.5) is 0 Å². The lowest BCUT2D eigenvalue weighted by Crippen LogP contribution is -2.11. The van der Waals surface area contributed by atoms with Crippen molar-refractivity contribution in [2.75, 3.05) is 7.11 Å². The van der Waals surface area contributed by atoms with Crippen molar-refractivity contribution < 1.29 is 9.47 Å². The minimum absolute atomic E-state index is 0.179. The second-order valence-corrected chi connectivity index (χ2v) is 4.45. The number of nitrogens with zero attached hydrogens (tertiary/aromatic N) is 2.